The molecule has 2 aromatic carbocycles. The van der Waals surface area contributed by atoms with Crippen molar-refractivity contribution in [3.8, 4) is 0 Å². The Hall–Kier alpha value is -3.04. The van der Waals surface area contributed by atoms with E-state index in [1.54, 1.807) is 48.5 Å². The highest BCUT2D eigenvalue weighted by atomic mass is 32.2. The number of sulfonamides is 1. The highest BCUT2D eigenvalue weighted by Gasteiger charge is 2.37. The van der Waals surface area contributed by atoms with Gasteiger partial charge in [0.25, 0.3) is 11.8 Å². The molecule has 2 aliphatic heterocycles. The van der Waals surface area contributed by atoms with Gasteiger partial charge >= 0.3 is 0 Å². The molecule has 2 heterocycles. The number of benzene rings is 2. The van der Waals surface area contributed by atoms with Crippen LogP contribution in [0.15, 0.2) is 53.4 Å². The average Bonchev–Trinajstić information content (AvgIpc) is 2.99. The fourth-order valence-electron chi connectivity index (χ4n) is 3.90. The summed E-state index contributed by atoms with van der Waals surface area (Å²) in [6.07, 6.45) is 0.915. The molecule has 0 aromatic heterocycles. The number of hydrogen-bond acceptors (Lipinski definition) is 5. The molecule has 9 heteroatoms. The van der Waals surface area contributed by atoms with Crippen molar-refractivity contribution in [1.29, 1.82) is 0 Å². The molecule has 0 saturated carbocycles. The summed E-state index contributed by atoms with van der Waals surface area (Å²) < 4.78 is 27.0. The van der Waals surface area contributed by atoms with Gasteiger partial charge in [-0.05, 0) is 44.0 Å². The first-order chi connectivity index (χ1) is 14.8. The summed E-state index contributed by atoms with van der Waals surface area (Å²) in [6.45, 7) is 2.11. The Morgan fingerprint density at radius 3 is 2.06 bits per heavy atom. The van der Waals surface area contributed by atoms with E-state index in [0.717, 1.165) is 10.5 Å². The molecule has 1 saturated heterocycles. The lowest BCUT2D eigenvalue weighted by atomic mass is 10.1. The van der Waals surface area contributed by atoms with Crippen LogP contribution >= 0.6 is 0 Å². The van der Waals surface area contributed by atoms with Crippen molar-refractivity contribution < 1.29 is 22.8 Å². The lowest BCUT2D eigenvalue weighted by molar-refractivity contribution is -0.122. The maximum Gasteiger partial charge on any atom is 0.262 e. The molecule has 0 unspecified atom stereocenters. The fraction of sp³-hybridized carbons (Fsp3) is 0.318. The predicted molar refractivity (Wildman–Crippen MR) is 113 cm³/mol. The van der Waals surface area contributed by atoms with Crippen LogP contribution in [0.5, 0.6) is 0 Å². The molecular weight excluding hydrogens is 418 g/mol. The van der Waals surface area contributed by atoms with Gasteiger partial charge in [0, 0.05) is 19.1 Å². The molecule has 31 heavy (non-hydrogen) atoms. The number of nitrogens with one attached hydrogen (secondary N) is 1. The van der Waals surface area contributed by atoms with Crippen molar-refractivity contribution in [3.63, 3.8) is 0 Å². The van der Waals surface area contributed by atoms with E-state index in [0.29, 0.717) is 24.0 Å². The number of imide groups is 1. The van der Waals surface area contributed by atoms with Crippen LogP contribution in [0.3, 0.4) is 0 Å². The third-order valence-corrected chi connectivity index (χ3v) is 7.57. The molecule has 162 valence electrons. The van der Waals surface area contributed by atoms with E-state index in [-0.39, 0.29) is 30.6 Å². The zero-order valence-electron chi connectivity index (χ0n) is 17.1. The first kappa shape index (κ1) is 21.2. The van der Waals surface area contributed by atoms with Gasteiger partial charge in [0.1, 0.15) is 6.54 Å². The van der Waals surface area contributed by atoms with Gasteiger partial charge in [-0.15, -0.1) is 0 Å². The average molecular weight is 442 g/mol. The number of nitrogens with zero attached hydrogens (tertiary/aromatic N) is 2. The highest BCUT2D eigenvalue weighted by molar-refractivity contribution is 7.89. The van der Waals surface area contributed by atoms with Gasteiger partial charge in [-0.3, -0.25) is 19.3 Å². The largest absolute Gasteiger partial charge is 0.352 e. The number of carbonyl (C=O) groups is 3. The number of amides is 3. The first-order valence-electron chi connectivity index (χ1n) is 10.1. The fourth-order valence-corrected chi connectivity index (χ4v) is 5.37. The minimum absolute atomic E-state index is 0.216. The molecule has 8 nitrogen and oxygen atoms in total. The Morgan fingerprint density at radius 1 is 0.968 bits per heavy atom. The summed E-state index contributed by atoms with van der Waals surface area (Å²) in [6, 6.07) is 13.0. The minimum atomic E-state index is -3.57. The minimum Gasteiger partial charge on any atom is -0.352 e. The zero-order chi connectivity index (χ0) is 22.2. The molecule has 3 amide bonds. The normalized spacial score (nSPS) is 17.6. The summed E-state index contributed by atoms with van der Waals surface area (Å²) in [7, 11) is -3.57. The van der Waals surface area contributed by atoms with E-state index in [2.05, 4.69) is 5.32 Å². The molecule has 2 aliphatic rings. The Kier molecular flexibility index (Phi) is 5.63. The summed E-state index contributed by atoms with van der Waals surface area (Å²) in [4.78, 5) is 38.4. The second-order valence-electron chi connectivity index (χ2n) is 7.80. The maximum absolute atomic E-state index is 12.8. The quantitative estimate of drug-likeness (QED) is 0.710. The van der Waals surface area contributed by atoms with Crippen LogP contribution in [0.2, 0.25) is 0 Å². The van der Waals surface area contributed by atoms with Crippen molar-refractivity contribution in [2.24, 2.45) is 0 Å². The van der Waals surface area contributed by atoms with Crippen LogP contribution in [-0.2, 0) is 14.8 Å². The van der Waals surface area contributed by atoms with Crippen molar-refractivity contribution in [3.05, 3.63) is 65.2 Å². The Labute approximate surface area is 180 Å². The molecule has 0 spiro atoms. The monoisotopic (exact) mass is 441 g/mol. The van der Waals surface area contributed by atoms with E-state index in [9.17, 15) is 22.8 Å². The SMILES string of the molecule is Cc1ccc(S(=O)(=O)N2CCC(NC(=O)CN3C(=O)c4ccccc4C3=O)CC2)cc1. The summed E-state index contributed by atoms with van der Waals surface area (Å²) >= 11 is 0. The van der Waals surface area contributed by atoms with Gasteiger partial charge in [-0.2, -0.15) is 4.31 Å². The smallest absolute Gasteiger partial charge is 0.262 e. The standard InChI is InChI=1S/C22H23N3O5S/c1-15-6-8-17(9-7-15)31(29,30)24-12-10-16(11-13-24)23-20(26)14-25-21(27)18-4-2-3-5-19(18)22(25)28/h2-9,16H,10-14H2,1H3,(H,23,26). The first-order valence-corrected chi connectivity index (χ1v) is 11.5. The summed E-state index contributed by atoms with van der Waals surface area (Å²) in [5.74, 6) is -1.39. The van der Waals surface area contributed by atoms with Crippen molar-refractivity contribution in [1.82, 2.24) is 14.5 Å². The Morgan fingerprint density at radius 2 is 1.52 bits per heavy atom. The topological polar surface area (TPSA) is 104 Å². The second-order valence-corrected chi connectivity index (χ2v) is 9.74. The van der Waals surface area contributed by atoms with Gasteiger partial charge in [-0.1, -0.05) is 29.8 Å². The third kappa shape index (κ3) is 4.11. The lowest BCUT2D eigenvalue weighted by Gasteiger charge is -2.31. The van der Waals surface area contributed by atoms with E-state index < -0.39 is 27.7 Å². The third-order valence-electron chi connectivity index (χ3n) is 5.66. The van der Waals surface area contributed by atoms with E-state index in [1.165, 1.54) is 4.31 Å². The van der Waals surface area contributed by atoms with Crippen LogP contribution in [0.25, 0.3) is 0 Å². The van der Waals surface area contributed by atoms with Gasteiger partial charge in [0.2, 0.25) is 15.9 Å². The van der Waals surface area contributed by atoms with Crippen molar-refractivity contribution in [2.45, 2.75) is 30.7 Å². The van der Waals surface area contributed by atoms with Crippen LogP contribution in [0.4, 0.5) is 0 Å². The molecular formula is C22H23N3O5S. The van der Waals surface area contributed by atoms with Gasteiger partial charge in [0.05, 0.1) is 16.0 Å². The van der Waals surface area contributed by atoms with E-state index in [1.807, 2.05) is 6.92 Å². The van der Waals surface area contributed by atoms with Gasteiger partial charge in [0.15, 0.2) is 0 Å². The molecule has 0 bridgehead atoms. The van der Waals surface area contributed by atoms with E-state index in [4.69, 9.17) is 0 Å². The number of carbonyl (C=O) groups excluding carboxylic acids is 3. The van der Waals surface area contributed by atoms with Crippen LogP contribution in [0.1, 0.15) is 39.1 Å². The molecule has 2 aromatic rings. The lowest BCUT2D eigenvalue weighted by Crippen LogP contribution is -2.49. The van der Waals surface area contributed by atoms with Gasteiger partial charge in [-0.25, -0.2) is 8.42 Å². The van der Waals surface area contributed by atoms with Crippen LogP contribution in [-0.4, -0.2) is 61.0 Å². The number of aryl methyl sites for hydroxylation is 1. The highest BCUT2D eigenvalue weighted by Crippen LogP contribution is 2.23. The molecule has 1 fully saturated rings. The summed E-state index contributed by atoms with van der Waals surface area (Å²) in [5, 5.41) is 2.83. The molecule has 4 rings (SSSR count). The number of piperidine rings is 1. The van der Waals surface area contributed by atoms with Crippen molar-refractivity contribution in [2.75, 3.05) is 19.6 Å². The summed E-state index contributed by atoms with van der Waals surface area (Å²) in [5.41, 5.74) is 1.59. The second kappa shape index (κ2) is 8.24. The zero-order valence-corrected chi connectivity index (χ0v) is 17.9. The predicted octanol–water partition coefficient (Wildman–Crippen LogP) is 1.56. The Balaban J connectivity index is 1.32. The number of hydrogen-bond donors (Lipinski definition) is 1. The number of rotatable bonds is 5. The maximum atomic E-state index is 12.8. The molecule has 1 N–H and O–H groups in total. The van der Waals surface area contributed by atoms with Crippen LogP contribution < -0.4 is 5.32 Å². The Bertz CT molecular complexity index is 1100. The number of fused-ring (bicyclic) bond motifs is 1. The molecule has 0 aliphatic carbocycles. The van der Waals surface area contributed by atoms with Gasteiger partial charge < -0.3 is 5.32 Å². The van der Waals surface area contributed by atoms with E-state index >= 15 is 0 Å². The molecule has 0 atom stereocenters. The van der Waals surface area contributed by atoms with Crippen molar-refractivity contribution >= 4 is 27.7 Å². The van der Waals surface area contributed by atoms with Crippen LogP contribution in [0, 0.1) is 6.92 Å². The molecule has 0 radical (unpaired) electrons.